The first-order valence-corrected chi connectivity index (χ1v) is 8.19. The van der Waals surface area contributed by atoms with Crippen LogP contribution in [0.3, 0.4) is 0 Å². The Morgan fingerprint density at radius 3 is 2.48 bits per heavy atom. The number of aromatic nitrogens is 3. The standard InChI is InChI=1S/C18H28N4O/c1-15(2)10-22-17(19-14-20-22)12-21(13-18(3,4)23)11-16-8-6-5-7-9-16/h5-9,14-15,23H,10-13H2,1-4H3. The molecule has 0 aliphatic heterocycles. The highest BCUT2D eigenvalue weighted by Gasteiger charge is 2.20. The second-order valence-corrected chi connectivity index (χ2v) is 7.20. The van der Waals surface area contributed by atoms with Gasteiger partial charge in [-0.05, 0) is 25.3 Å². The molecule has 0 saturated carbocycles. The molecule has 2 rings (SSSR count). The van der Waals surface area contributed by atoms with Gasteiger partial charge in [0, 0.05) is 19.6 Å². The summed E-state index contributed by atoms with van der Waals surface area (Å²) in [7, 11) is 0. The summed E-state index contributed by atoms with van der Waals surface area (Å²) in [6.45, 7) is 10.9. The van der Waals surface area contributed by atoms with Crippen molar-refractivity contribution >= 4 is 0 Å². The smallest absolute Gasteiger partial charge is 0.141 e. The van der Waals surface area contributed by atoms with Crippen LogP contribution in [-0.2, 0) is 19.6 Å². The predicted molar refractivity (Wildman–Crippen MR) is 91.7 cm³/mol. The van der Waals surface area contributed by atoms with Crippen molar-refractivity contribution in [3.8, 4) is 0 Å². The number of aliphatic hydroxyl groups is 1. The van der Waals surface area contributed by atoms with Gasteiger partial charge in [0.25, 0.3) is 0 Å². The van der Waals surface area contributed by atoms with Gasteiger partial charge in [-0.25, -0.2) is 9.67 Å². The van der Waals surface area contributed by atoms with Crippen LogP contribution in [0, 0.1) is 5.92 Å². The Morgan fingerprint density at radius 1 is 1.17 bits per heavy atom. The van der Waals surface area contributed by atoms with E-state index in [1.165, 1.54) is 5.56 Å². The number of hydrogen-bond donors (Lipinski definition) is 1. The highest BCUT2D eigenvalue weighted by atomic mass is 16.3. The van der Waals surface area contributed by atoms with Crippen molar-refractivity contribution in [3.63, 3.8) is 0 Å². The maximum absolute atomic E-state index is 10.2. The molecule has 0 bridgehead atoms. The van der Waals surface area contributed by atoms with E-state index in [0.29, 0.717) is 19.0 Å². The van der Waals surface area contributed by atoms with Gasteiger partial charge in [0.05, 0.1) is 12.1 Å². The highest BCUT2D eigenvalue weighted by Crippen LogP contribution is 2.13. The summed E-state index contributed by atoms with van der Waals surface area (Å²) >= 11 is 0. The normalized spacial score (nSPS) is 12.3. The lowest BCUT2D eigenvalue weighted by Crippen LogP contribution is -2.38. The lowest BCUT2D eigenvalue weighted by molar-refractivity contribution is 0.0293. The van der Waals surface area contributed by atoms with E-state index in [1.54, 1.807) is 6.33 Å². The van der Waals surface area contributed by atoms with Crippen LogP contribution in [0.5, 0.6) is 0 Å². The molecule has 126 valence electrons. The van der Waals surface area contributed by atoms with E-state index >= 15 is 0 Å². The van der Waals surface area contributed by atoms with E-state index in [4.69, 9.17) is 0 Å². The van der Waals surface area contributed by atoms with E-state index in [-0.39, 0.29) is 0 Å². The monoisotopic (exact) mass is 316 g/mol. The van der Waals surface area contributed by atoms with E-state index in [0.717, 1.165) is 18.9 Å². The molecule has 0 atom stereocenters. The van der Waals surface area contributed by atoms with Gasteiger partial charge in [-0.2, -0.15) is 5.10 Å². The summed E-state index contributed by atoms with van der Waals surface area (Å²) < 4.78 is 1.97. The van der Waals surface area contributed by atoms with Crippen molar-refractivity contribution in [1.29, 1.82) is 0 Å². The molecule has 0 saturated heterocycles. The summed E-state index contributed by atoms with van der Waals surface area (Å²) in [6, 6.07) is 10.3. The summed E-state index contributed by atoms with van der Waals surface area (Å²) in [5.41, 5.74) is 0.476. The average Bonchev–Trinajstić information content (AvgIpc) is 2.84. The molecule has 1 heterocycles. The topological polar surface area (TPSA) is 54.2 Å². The molecule has 1 aromatic carbocycles. The second kappa shape index (κ2) is 7.70. The van der Waals surface area contributed by atoms with Crippen molar-refractivity contribution in [1.82, 2.24) is 19.7 Å². The van der Waals surface area contributed by atoms with Crippen LogP contribution in [0.15, 0.2) is 36.7 Å². The molecule has 0 amide bonds. The first-order chi connectivity index (χ1) is 10.8. The molecule has 23 heavy (non-hydrogen) atoms. The molecule has 2 aromatic rings. The Morgan fingerprint density at radius 2 is 1.87 bits per heavy atom. The van der Waals surface area contributed by atoms with Crippen LogP contribution in [0.2, 0.25) is 0 Å². The molecule has 0 fully saturated rings. The largest absolute Gasteiger partial charge is 0.389 e. The molecule has 0 radical (unpaired) electrons. The maximum Gasteiger partial charge on any atom is 0.141 e. The zero-order chi connectivity index (χ0) is 16.9. The molecule has 5 nitrogen and oxygen atoms in total. The highest BCUT2D eigenvalue weighted by molar-refractivity contribution is 5.14. The molecule has 0 unspecified atom stereocenters. The summed E-state index contributed by atoms with van der Waals surface area (Å²) in [5, 5.41) is 14.6. The number of rotatable bonds is 8. The van der Waals surface area contributed by atoms with Gasteiger partial charge in [0.1, 0.15) is 12.2 Å². The van der Waals surface area contributed by atoms with Gasteiger partial charge in [-0.15, -0.1) is 0 Å². The van der Waals surface area contributed by atoms with Crippen molar-refractivity contribution in [2.75, 3.05) is 6.54 Å². The van der Waals surface area contributed by atoms with Crippen molar-refractivity contribution < 1.29 is 5.11 Å². The SMILES string of the molecule is CC(C)Cn1ncnc1CN(Cc1ccccc1)CC(C)(C)O. The zero-order valence-corrected chi connectivity index (χ0v) is 14.6. The molecule has 0 aliphatic rings. The van der Waals surface area contributed by atoms with Gasteiger partial charge in [0.2, 0.25) is 0 Å². The molecule has 1 N–H and O–H groups in total. The fraction of sp³-hybridized carbons (Fsp3) is 0.556. The van der Waals surface area contributed by atoms with E-state index in [9.17, 15) is 5.11 Å². The maximum atomic E-state index is 10.2. The van der Waals surface area contributed by atoms with Gasteiger partial charge >= 0.3 is 0 Å². The van der Waals surface area contributed by atoms with Crippen LogP contribution >= 0.6 is 0 Å². The quantitative estimate of drug-likeness (QED) is 0.813. The Bertz CT molecular complexity index is 587. The minimum Gasteiger partial charge on any atom is -0.389 e. The zero-order valence-electron chi connectivity index (χ0n) is 14.6. The molecule has 0 aliphatic carbocycles. The van der Waals surface area contributed by atoms with E-state index in [1.807, 2.05) is 36.7 Å². The van der Waals surface area contributed by atoms with Gasteiger partial charge in [-0.3, -0.25) is 4.90 Å². The van der Waals surface area contributed by atoms with Gasteiger partial charge in [-0.1, -0.05) is 44.2 Å². The van der Waals surface area contributed by atoms with Crippen molar-refractivity contribution in [2.24, 2.45) is 5.92 Å². The molecule has 5 heteroatoms. The van der Waals surface area contributed by atoms with E-state index in [2.05, 4.69) is 41.0 Å². The number of nitrogens with zero attached hydrogens (tertiary/aromatic N) is 4. The van der Waals surface area contributed by atoms with Gasteiger partial charge in [0.15, 0.2) is 0 Å². The first kappa shape index (κ1) is 17.6. The van der Waals surface area contributed by atoms with Crippen LogP contribution in [0.1, 0.15) is 39.1 Å². The third-order valence-electron chi connectivity index (χ3n) is 3.46. The lowest BCUT2D eigenvalue weighted by Gasteiger charge is -2.29. The molecular formula is C18H28N4O. The molecular weight excluding hydrogens is 288 g/mol. The third kappa shape index (κ3) is 6.12. The van der Waals surface area contributed by atoms with E-state index < -0.39 is 5.60 Å². The fourth-order valence-electron chi connectivity index (χ4n) is 2.67. The number of benzene rings is 1. The fourth-order valence-corrected chi connectivity index (χ4v) is 2.67. The Balaban J connectivity index is 2.13. The average molecular weight is 316 g/mol. The van der Waals surface area contributed by atoms with Crippen LogP contribution in [-0.4, -0.2) is 36.9 Å². The lowest BCUT2D eigenvalue weighted by atomic mass is 10.1. The summed E-state index contributed by atoms with van der Waals surface area (Å²) in [4.78, 5) is 6.63. The second-order valence-electron chi connectivity index (χ2n) is 7.20. The van der Waals surface area contributed by atoms with Crippen molar-refractivity contribution in [3.05, 3.63) is 48.0 Å². The van der Waals surface area contributed by atoms with Crippen LogP contribution in [0.4, 0.5) is 0 Å². The summed E-state index contributed by atoms with van der Waals surface area (Å²) in [6.07, 6.45) is 1.61. The Labute approximate surface area is 139 Å². The predicted octanol–water partition coefficient (Wildman–Crippen LogP) is 2.71. The van der Waals surface area contributed by atoms with Crippen LogP contribution < -0.4 is 0 Å². The minimum absolute atomic E-state index is 0.521. The minimum atomic E-state index is -0.752. The van der Waals surface area contributed by atoms with Gasteiger partial charge < -0.3 is 5.11 Å². The van der Waals surface area contributed by atoms with Crippen LogP contribution in [0.25, 0.3) is 0 Å². The number of hydrogen-bond acceptors (Lipinski definition) is 4. The molecule has 1 aromatic heterocycles. The summed E-state index contributed by atoms with van der Waals surface area (Å²) in [5.74, 6) is 1.46. The molecule has 0 spiro atoms. The third-order valence-corrected chi connectivity index (χ3v) is 3.46. The first-order valence-electron chi connectivity index (χ1n) is 8.19. The Hall–Kier alpha value is -1.72. The van der Waals surface area contributed by atoms with Crippen molar-refractivity contribution in [2.45, 2.75) is 52.9 Å². The Kier molecular flexibility index (Phi) is 5.91.